The van der Waals surface area contributed by atoms with Crippen LogP contribution >= 0.6 is 0 Å². The molecule has 0 aromatic heterocycles. The monoisotopic (exact) mass is 579 g/mol. The lowest BCUT2D eigenvalue weighted by molar-refractivity contribution is -0.153. The average molecular weight is 579 g/mol. The summed E-state index contributed by atoms with van der Waals surface area (Å²) in [6.45, 7) is 6.58. The first kappa shape index (κ1) is 29.7. The fraction of sp³-hybridized carbons (Fsp3) is 0.344. The number of rotatable bonds is 8. The van der Waals surface area contributed by atoms with Crippen LogP contribution in [0.4, 0.5) is 18.0 Å². The molecule has 0 bridgehead atoms. The van der Waals surface area contributed by atoms with Gasteiger partial charge in [0.1, 0.15) is 12.4 Å². The van der Waals surface area contributed by atoms with Gasteiger partial charge in [-0.3, -0.25) is 0 Å². The molecule has 3 aromatic rings. The molecule has 5 rings (SSSR count). The fourth-order valence-electron chi connectivity index (χ4n) is 5.06. The third-order valence-corrected chi connectivity index (χ3v) is 7.97. The van der Waals surface area contributed by atoms with Crippen LogP contribution in [0, 0.1) is 0 Å². The van der Waals surface area contributed by atoms with Crippen molar-refractivity contribution in [2.24, 2.45) is 0 Å². The number of ether oxygens (including phenoxy) is 2. The van der Waals surface area contributed by atoms with E-state index in [1.54, 1.807) is 18.2 Å². The van der Waals surface area contributed by atoms with Gasteiger partial charge < -0.3 is 24.1 Å². The highest BCUT2D eigenvalue weighted by molar-refractivity contribution is 6.56. The lowest BCUT2D eigenvalue weighted by Crippen LogP contribution is -2.41. The number of hydrogen-bond donors (Lipinski definition) is 1. The number of amides is 1. The summed E-state index contributed by atoms with van der Waals surface area (Å²) < 4.78 is 60.5. The first-order valence-corrected chi connectivity index (χ1v) is 13.8. The van der Waals surface area contributed by atoms with Gasteiger partial charge in [-0.15, -0.1) is 0 Å². The van der Waals surface area contributed by atoms with Crippen LogP contribution in [0.25, 0.3) is 17.2 Å². The van der Waals surface area contributed by atoms with Gasteiger partial charge in [0.05, 0.1) is 11.2 Å². The van der Waals surface area contributed by atoms with Gasteiger partial charge in [0, 0.05) is 12.5 Å². The van der Waals surface area contributed by atoms with Gasteiger partial charge in [0.2, 0.25) is 0 Å². The maximum Gasteiger partial charge on any atom is 0.492 e. The second kappa shape index (κ2) is 11.5. The van der Waals surface area contributed by atoms with Crippen molar-refractivity contribution in [3.05, 3.63) is 95.0 Å². The third kappa shape index (κ3) is 6.50. The van der Waals surface area contributed by atoms with Crippen LogP contribution in [0.15, 0.2) is 78.3 Å². The van der Waals surface area contributed by atoms with Crippen molar-refractivity contribution in [3.8, 4) is 16.9 Å². The molecule has 1 aliphatic carbocycles. The molecule has 0 radical (unpaired) electrons. The molecule has 2 aliphatic rings. The number of halogens is 3. The topological polar surface area (TPSA) is 66.0 Å². The van der Waals surface area contributed by atoms with Crippen LogP contribution in [0.2, 0.25) is 0 Å². The minimum atomic E-state index is -4.42. The minimum absolute atomic E-state index is 0.0693. The zero-order valence-electron chi connectivity index (χ0n) is 24.0. The summed E-state index contributed by atoms with van der Waals surface area (Å²) in [7, 11) is -0.759. The Labute approximate surface area is 244 Å². The molecule has 0 spiro atoms. The van der Waals surface area contributed by atoms with Gasteiger partial charge in [-0.1, -0.05) is 66.7 Å². The molecule has 1 aliphatic heterocycles. The molecule has 0 unspecified atom stereocenters. The van der Waals surface area contributed by atoms with E-state index >= 15 is 0 Å². The molecule has 1 amide bonds. The predicted octanol–water partition coefficient (Wildman–Crippen LogP) is 7.18. The Hall–Kier alpha value is -3.76. The van der Waals surface area contributed by atoms with Crippen LogP contribution in [0.1, 0.15) is 50.3 Å². The van der Waals surface area contributed by atoms with Crippen molar-refractivity contribution < 1.29 is 36.7 Å². The highest BCUT2D eigenvalue weighted by atomic mass is 19.4. The van der Waals surface area contributed by atoms with Gasteiger partial charge in [-0.25, -0.2) is 4.79 Å². The van der Waals surface area contributed by atoms with Gasteiger partial charge in [0.15, 0.2) is 6.61 Å². The van der Waals surface area contributed by atoms with Crippen molar-refractivity contribution in [2.45, 2.75) is 51.0 Å². The molecule has 10 heteroatoms. The molecular formula is C32H33BF3NO5. The van der Waals surface area contributed by atoms with Gasteiger partial charge in [-0.2, -0.15) is 13.2 Å². The van der Waals surface area contributed by atoms with Crippen molar-refractivity contribution in [1.29, 1.82) is 0 Å². The quantitative estimate of drug-likeness (QED) is 0.287. The molecule has 1 heterocycles. The Balaban J connectivity index is 1.28. The van der Waals surface area contributed by atoms with E-state index in [0.717, 1.165) is 22.3 Å². The summed E-state index contributed by atoms with van der Waals surface area (Å²) in [6.07, 6.45) is -3.23. The first-order valence-electron chi connectivity index (χ1n) is 13.8. The number of alkyl carbamates (subject to hydrolysis) is 1. The van der Waals surface area contributed by atoms with Crippen LogP contribution < -0.4 is 10.1 Å². The Morgan fingerprint density at radius 3 is 2.00 bits per heavy atom. The number of hydrogen-bond acceptors (Lipinski definition) is 5. The second-order valence-corrected chi connectivity index (χ2v) is 11.5. The van der Waals surface area contributed by atoms with E-state index in [-0.39, 0.29) is 24.8 Å². The Kier molecular flexibility index (Phi) is 8.14. The zero-order chi connectivity index (χ0) is 30.1. The van der Waals surface area contributed by atoms with E-state index in [1.165, 1.54) is 12.1 Å². The highest BCUT2D eigenvalue weighted by Crippen LogP contribution is 2.44. The Bertz CT molecular complexity index is 1410. The third-order valence-electron chi connectivity index (χ3n) is 7.97. The predicted molar refractivity (Wildman–Crippen MR) is 155 cm³/mol. The molecule has 3 aromatic carbocycles. The largest absolute Gasteiger partial charge is 0.492 e. The number of benzene rings is 3. The second-order valence-electron chi connectivity index (χ2n) is 11.5. The first-order chi connectivity index (χ1) is 19.8. The van der Waals surface area contributed by atoms with Crippen molar-refractivity contribution in [1.82, 2.24) is 5.32 Å². The molecule has 0 atom stereocenters. The normalized spacial score (nSPS) is 17.5. The van der Waals surface area contributed by atoms with Crippen molar-refractivity contribution >= 4 is 19.3 Å². The smallest absolute Gasteiger partial charge is 0.484 e. The maximum absolute atomic E-state index is 12.9. The molecule has 1 N–H and O–H groups in total. The number of fused-ring (bicyclic) bond motifs is 3. The summed E-state index contributed by atoms with van der Waals surface area (Å²) >= 11 is 0. The van der Waals surface area contributed by atoms with E-state index in [4.69, 9.17) is 18.8 Å². The fourth-order valence-corrected chi connectivity index (χ4v) is 5.06. The molecule has 1 saturated heterocycles. The molecule has 220 valence electrons. The van der Waals surface area contributed by atoms with Gasteiger partial charge in [0.25, 0.3) is 0 Å². The summed E-state index contributed by atoms with van der Waals surface area (Å²) in [6, 6.07) is 22.4. The minimum Gasteiger partial charge on any atom is -0.484 e. The van der Waals surface area contributed by atoms with E-state index in [2.05, 4.69) is 29.6 Å². The van der Waals surface area contributed by atoms with E-state index in [9.17, 15) is 18.0 Å². The molecule has 6 nitrogen and oxygen atoms in total. The number of carbonyl (C=O) groups is 1. The number of alkyl halides is 3. The Morgan fingerprint density at radius 1 is 0.905 bits per heavy atom. The molecule has 1 fully saturated rings. The molecule has 0 saturated carbocycles. The van der Waals surface area contributed by atoms with Crippen LogP contribution in [-0.2, 0) is 14.0 Å². The van der Waals surface area contributed by atoms with Crippen molar-refractivity contribution in [2.75, 3.05) is 19.8 Å². The summed E-state index contributed by atoms with van der Waals surface area (Å²) in [5.41, 5.74) is 4.58. The van der Waals surface area contributed by atoms with E-state index in [0.29, 0.717) is 11.0 Å². The maximum atomic E-state index is 12.9. The van der Waals surface area contributed by atoms with E-state index < -0.39 is 37.2 Å². The van der Waals surface area contributed by atoms with Crippen LogP contribution in [0.5, 0.6) is 5.75 Å². The van der Waals surface area contributed by atoms with Crippen molar-refractivity contribution in [3.63, 3.8) is 0 Å². The summed E-state index contributed by atoms with van der Waals surface area (Å²) in [4.78, 5) is 12.9. The summed E-state index contributed by atoms with van der Waals surface area (Å²) in [5, 5.41) is 2.82. The number of carbonyl (C=O) groups excluding carboxylic acids is 1. The molecular weight excluding hydrogens is 546 g/mol. The summed E-state index contributed by atoms with van der Waals surface area (Å²) in [5.74, 6) is 0.0257. The lowest BCUT2D eigenvalue weighted by Gasteiger charge is -2.32. The van der Waals surface area contributed by atoms with Gasteiger partial charge in [-0.05, 0) is 73.1 Å². The molecule has 42 heavy (non-hydrogen) atoms. The average Bonchev–Trinajstić information content (AvgIpc) is 3.37. The zero-order valence-corrected chi connectivity index (χ0v) is 24.0. The van der Waals surface area contributed by atoms with E-state index in [1.807, 2.05) is 52.0 Å². The number of nitrogens with one attached hydrogen (secondary N) is 1. The lowest BCUT2D eigenvalue weighted by atomic mass is 9.77. The van der Waals surface area contributed by atoms with Gasteiger partial charge >= 0.3 is 19.4 Å². The Morgan fingerprint density at radius 2 is 1.45 bits per heavy atom. The van der Waals surface area contributed by atoms with Crippen LogP contribution in [0.3, 0.4) is 0 Å². The van der Waals surface area contributed by atoms with Crippen LogP contribution in [-0.4, -0.2) is 50.3 Å². The highest BCUT2D eigenvalue weighted by Gasteiger charge is 2.52. The SMILES string of the molecule is CC1(C)OB(C(=Cc2ccc(OCC(F)(F)F)cc2)CNC(=O)OCC2c3ccccc3-c3ccccc32)OC1(C)C. The standard InChI is InChI=1S/C32H33BF3NO5/c1-30(2)31(3,4)42-33(41-30)22(17-21-13-15-23(16-14-21)40-20-32(34,35)36)18-37-29(38)39-19-28-26-11-7-5-9-24(26)25-10-6-8-12-27(25)28/h5-17,28H,18-20H2,1-4H3,(H,37,38).